The highest BCUT2D eigenvalue weighted by Gasteiger charge is 2.13. The Kier molecular flexibility index (Phi) is 6.50. The molecular formula is C15H32N2. The zero-order valence-corrected chi connectivity index (χ0v) is 12.4. The molecule has 1 atom stereocenters. The number of piperidine rings is 1. The maximum atomic E-state index is 3.60. The molecule has 1 unspecified atom stereocenters. The van der Waals surface area contributed by atoms with E-state index in [-0.39, 0.29) is 0 Å². The van der Waals surface area contributed by atoms with Crippen molar-refractivity contribution in [3.63, 3.8) is 0 Å². The Morgan fingerprint density at radius 2 is 1.76 bits per heavy atom. The van der Waals surface area contributed by atoms with Gasteiger partial charge in [0.15, 0.2) is 0 Å². The first kappa shape index (κ1) is 15.0. The molecule has 1 fully saturated rings. The number of nitrogens with zero attached hydrogens (tertiary/aromatic N) is 1. The molecule has 0 spiro atoms. The monoisotopic (exact) mass is 240 g/mol. The molecule has 1 rings (SSSR count). The van der Waals surface area contributed by atoms with Gasteiger partial charge in [0.05, 0.1) is 0 Å². The van der Waals surface area contributed by atoms with Crippen LogP contribution < -0.4 is 5.32 Å². The molecule has 0 aromatic heterocycles. The summed E-state index contributed by atoms with van der Waals surface area (Å²) in [6.07, 6.45) is 5.52. The van der Waals surface area contributed by atoms with Crippen LogP contribution in [0.4, 0.5) is 0 Å². The van der Waals surface area contributed by atoms with E-state index in [1.54, 1.807) is 0 Å². The summed E-state index contributed by atoms with van der Waals surface area (Å²) >= 11 is 0. The second-order valence-corrected chi connectivity index (χ2v) is 6.98. The quantitative estimate of drug-likeness (QED) is 0.718. The zero-order chi connectivity index (χ0) is 12.7. The fraction of sp³-hybridized carbons (Fsp3) is 1.00. The van der Waals surface area contributed by atoms with Crippen LogP contribution in [0.3, 0.4) is 0 Å². The van der Waals surface area contributed by atoms with E-state index in [9.17, 15) is 0 Å². The van der Waals surface area contributed by atoms with Crippen LogP contribution in [0.25, 0.3) is 0 Å². The molecular weight excluding hydrogens is 208 g/mol. The maximum absolute atomic E-state index is 3.60. The first-order valence-electron chi connectivity index (χ1n) is 7.40. The third-order valence-corrected chi connectivity index (χ3v) is 3.56. The topological polar surface area (TPSA) is 15.3 Å². The fourth-order valence-corrected chi connectivity index (χ4v) is 2.46. The Balaban J connectivity index is 2.02. The molecule has 0 aromatic carbocycles. The molecule has 102 valence electrons. The van der Waals surface area contributed by atoms with Gasteiger partial charge in [-0.3, -0.25) is 0 Å². The smallest absolute Gasteiger partial charge is 0.00191 e. The van der Waals surface area contributed by atoms with Crippen molar-refractivity contribution in [2.24, 2.45) is 11.3 Å². The molecule has 2 heteroatoms. The van der Waals surface area contributed by atoms with Gasteiger partial charge in [-0.15, -0.1) is 0 Å². The second-order valence-electron chi connectivity index (χ2n) is 6.98. The number of hydrogen-bond donors (Lipinski definition) is 1. The van der Waals surface area contributed by atoms with E-state index >= 15 is 0 Å². The van der Waals surface area contributed by atoms with Gasteiger partial charge in [0.25, 0.3) is 0 Å². The van der Waals surface area contributed by atoms with Gasteiger partial charge >= 0.3 is 0 Å². The first-order valence-corrected chi connectivity index (χ1v) is 7.40. The Bertz CT molecular complexity index is 190. The Morgan fingerprint density at radius 1 is 1.12 bits per heavy atom. The summed E-state index contributed by atoms with van der Waals surface area (Å²) in [5.41, 5.74) is 0.461. The predicted molar refractivity (Wildman–Crippen MR) is 76.4 cm³/mol. The van der Waals surface area contributed by atoms with Gasteiger partial charge in [-0.05, 0) is 56.8 Å². The maximum Gasteiger partial charge on any atom is 0.00191 e. The lowest BCUT2D eigenvalue weighted by Gasteiger charge is -2.29. The molecule has 1 heterocycles. The molecule has 0 amide bonds. The normalized spacial score (nSPS) is 20.5. The summed E-state index contributed by atoms with van der Waals surface area (Å²) in [5.74, 6) is 0.785. The number of likely N-dealkylation sites (tertiary alicyclic amines) is 1. The van der Waals surface area contributed by atoms with Crippen LogP contribution in [-0.4, -0.2) is 37.6 Å². The lowest BCUT2D eigenvalue weighted by Crippen LogP contribution is -2.37. The van der Waals surface area contributed by atoms with Crippen LogP contribution in [0, 0.1) is 11.3 Å². The standard InChI is InChI=1S/C15H32N2/c1-14(12-16-9-8-15(2,3)4)13-17-10-6-5-7-11-17/h14,16H,5-13H2,1-4H3. The predicted octanol–water partition coefficient (Wildman–Crippen LogP) is 3.13. The van der Waals surface area contributed by atoms with Gasteiger partial charge in [-0.1, -0.05) is 34.1 Å². The minimum atomic E-state index is 0.461. The molecule has 0 aliphatic carbocycles. The number of nitrogens with one attached hydrogen (secondary N) is 1. The van der Waals surface area contributed by atoms with Crippen molar-refractivity contribution >= 4 is 0 Å². The molecule has 1 aliphatic rings. The molecule has 0 aromatic rings. The third kappa shape index (κ3) is 7.77. The van der Waals surface area contributed by atoms with Gasteiger partial charge in [-0.2, -0.15) is 0 Å². The number of hydrogen-bond acceptors (Lipinski definition) is 2. The average Bonchev–Trinajstić information content (AvgIpc) is 2.25. The van der Waals surface area contributed by atoms with E-state index < -0.39 is 0 Å². The highest BCUT2D eigenvalue weighted by molar-refractivity contribution is 4.69. The van der Waals surface area contributed by atoms with Gasteiger partial charge < -0.3 is 10.2 Å². The Hall–Kier alpha value is -0.0800. The minimum Gasteiger partial charge on any atom is -0.316 e. The van der Waals surface area contributed by atoms with E-state index in [1.165, 1.54) is 51.9 Å². The van der Waals surface area contributed by atoms with Crippen molar-refractivity contribution in [1.82, 2.24) is 10.2 Å². The van der Waals surface area contributed by atoms with Crippen molar-refractivity contribution in [1.29, 1.82) is 0 Å². The van der Waals surface area contributed by atoms with Crippen molar-refractivity contribution in [2.75, 3.05) is 32.7 Å². The van der Waals surface area contributed by atoms with Crippen LogP contribution >= 0.6 is 0 Å². The third-order valence-electron chi connectivity index (χ3n) is 3.56. The van der Waals surface area contributed by atoms with E-state index in [0.717, 1.165) is 12.5 Å². The SMILES string of the molecule is CC(CNCCC(C)(C)C)CN1CCCCC1. The summed E-state index contributed by atoms with van der Waals surface area (Å²) in [7, 11) is 0. The zero-order valence-electron chi connectivity index (χ0n) is 12.4. The first-order chi connectivity index (χ1) is 7.97. The molecule has 0 radical (unpaired) electrons. The van der Waals surface area contributed by atoms with E-state index in [0.29, 0.717) is 5.41 Å². The number of rotatable bonds is 6. The highest BCUT2D eigenvalue weighted by atomic mass is 15.1. The van der Waals surface area contributed by atoms with Crippen LogP contribution in [0.5, 0.6) is 0 Å². The summed E-state index contributed by atoms with van der Waals surface area (Å²) in [5, 5.41) is 3.60. The van der Waals surface area contributed by atoms with Crippen molar-refractivity contribution < 1.29 is 0 Å². The molecule has 17 heavy (non-hydrogen) atoms. The van der Waals surface area contributed by atoms with Gasteiger partial charge in [0.2, 0.25) is 0 Å². The molecule has 1 N–H and O–H groups in total. The fourth-order valence-electron chi connectivity index (χ4n) is 2.46. The molecule has 1 aliphatic heterocycles. The Morgan fingerprint density at radius 3 is 2.35 bits per heavy atom. The van der Waals surface area contributed by atoms with Crippen molar-refractivity contribution in [3.8, 4) is 0 Å². The highest BCUT2D eigenvalue weighted by Crippen LogP contribution is 2.17. The largest absolute Gasteiger partial charge is 0.316 e. The second kappa shape index (κ2) is 7.38. The molecule has 1 saturated heterocycles. The van der Waals surface area contributed by atoms with Gasteiger partial charge in [0, 0.05) is 6.54 Å². The van der Waals surface area contributed by atoms with E-state index in [4.69, 9.17) is 0 Å². The summed E-state index contributed by atoms with van der Waals surface area (Å²) in [6, 6.07) is 0. The van der Waals surface area contributed by atoms with Crippen LogP contribution in [0.1, 0.15) is 53.4 Å². The minimum absolute atomic E-state index is 0.461. The van der Waals surface area contributed by atoms with Crippen molar-refractivity contribution in [3.05, 3.63) is 0 Å². The average molecular weight is 240 g/mol. The van der Waals surface area contributed by atoms with Gasteiger partial charge in [0.1, 0.15) is 0 Å². The lowest BCUT2D eigenvalue weighted by atomic mass is 9.92. The van der Waals surface area contributed by atoms with Crippen LogP contribution in [-0.2, 0) is 0 Å². The van der Waals surface area contributed by atoms with Crippen molar-refractivity contribution in [2.45, 2.75) is 53.4 Å². The molecule has 2 nitrogen and oxygen atoms in total. The summed E-state index contributed by atoms with van der Waals surface area (Å²) in [4.78, 5) is 2.64. The van der Waals surface area contributed by atoms with E-state index in [2.05, 4.69) is 37.9 Å². The summed E-state index contributed by atoms with van der Waals surface area (Å²) < 4.78 is 0. The molecule has 0 bridgehead atoms. The van der Waals surface area contributed by atoms with Crippen LogP contribution in [0.2, 0.25) is 0 Å². The van der Waals surface area contributed by atoms with Gasteiger partial charge in [-0.25, -0.2) is 0 Å². The lowest BCUT2D eigenvalue weighted by molar-refractivity contribution is 0.198. The van der Waals surface area contributed by atoms with E-state index in [1.807, 2.05) is 0 Å². The van der Waals surface area contributed by atoms with Crippen LogP contribution in [0.15, 0.2) is 0 Å². The Labute approximate surface area is 108 Å². The summed E-state index contributed by atoms with van der Waals surface area (Å²) in [6.45, 7) is 15.6. The molecule has 0 saturated carbocycles.